The van der Waals surface area contributed by atoms with E-state index in [4.69, 9.17) is 4.74 Å². The van der Waals surface area contributed by atoms with Crippen molar-refractivity contribution in [3.05, 3.63) is 83.7 Å². The van der Waals surface area contributed by atoms with E-state index in [1.165, 1.54) is 29.6 Å². The number of hydrogen-bond donors (Lipinski definition) is 1. The number of amides is 1. The molecule has 0 radical (unpaired) electrons. The average Bonchev–Trinajstić information content (AvgIpc) is 2.75. The van der Waals surface area contributed by atoms with Gasteiger partial charge in [0.1, 0.15) is 11.6 Å². The van der Waals surface area contributed by atoms with Gasteiger partial charge in [-0.2, -0.15) is 0 Å². The van der Waals surface area contributed by atoms with Gasteiger partial charge < -0.3 is 10.1 Å². The van der Waals surface area contributed by atoms with Crippen LogP contribution in [0.5, 0.6) is 5.75 Å². The lowest BCUT2D eigenvalue weighted by atomic mass is 10.2. The Balaban J connectivity index is 1.90. The summed E-state index contributed by atoms with van der Waals surface area (Å²) in [5.74, 6) is -0.477. The van der Waals surface area contributed by atoms with Crippen molar-refractivity contribution >= 4 is 27.3 Å². The smallest absolute Gasteiger partial charge is 0.264 e. The number of ether oxygens (including phenoxy) is 1. The van der Waals surface area contributed by atoms with Crippen LogP contribution >= 0.6 is 0 Å². The van der Waals surface area contributed by atoms with Crippen molar-refractivity contribution in [3.8, 4) is 5.75 Å². The molecule has 0 atom stereocenters. The monoisotopic (exact) mass is 456 g/mol. The first-order valence-electron chi connectivity index (χ1n) is 10.0. The zero-order valence-corrected chi connectivity index (χ0v) is 18.9. The van der Waals surface area contributed by atoms with E-state index in [-0.39, 0.29) is 23.5 Å². The fourth-order valence-corrected chi connectivity index (χ4v) is 5.00. The minimum atomic E-state index is -3.96. The number of aryl methyl sites for hydroxylation is 2. The van der Waals surface area contributed by atoms with Gasteiger partial charge in [0, 0.05) is 13.0 Å². The van der Waals surface area contributed by atoms with Crippen LogP contribution in [-0.4, -0.2) is 28.0 Å². The van der Waals surface area contributed by atoms with Crippen LogP contribution in [0.3, 0.4) is 0 Å². The van der Waals surface area contributed by atoms with Crippen molar-refractivity contribution in [2.45, 2.75) is 25.2 Å². The number of carbonyl (C=O) groups excluding carboxylic acids is 1. The Bertz CT molecular complexity index is 1210. The van der Waals surface area contributed by atoms with Gasteiger partial charge in [-0.1, -0.05) is 29.8 Å². The van der Waals surface area contributed by atoms with Gasteiger partial charge in [0.15, 0.2) is 0 Å². The van der Waals surface area contributed by atoms with Gasteiger partial charge in [-0.15, -0.1) is 0 Å². The van der Waals surface area contributed by atoms with E-state index >= 15 is 0 Å². The Kier molecular flexibility index (Phi) is 7.15. The van der Waals surface area contributed by atoms with E-state index in [1.54, 1.807) is 55.5 Å². The summed E-state index contributed by atoms with van der Waals surface area (Å²) in [5, 5.41) is 2.49. The Morgan fingerprint density at radius 1 is 1.03 bits per heavy atom. The third-order valence-electron chi connectivity index (χ3n) is 4.95. The summed E-state index contributed by atoms with van der Waals surface area (Å²) < 4.78 is 47.3. The molecule has 6 nitrogen and oxygen atoms in total. The molecular formula is C24H25FN2O4S. The summed E-state index contributed by atoms with van der Waals surface area (Å²) >= 11 is 0. The summed E-state index contributed by atoms with van der Waals surface area (Å²) in [6.45, 7) is 3.50. The molecule has 0 aliphatic heterocycles. The Labute approximate surface area is 187 Å². The van der Waals surface area contributed by atoms with E-state index < -0.39 is 21.7 Å². The van der Waals surface area contributed by atoms with Gasteiger partial charge in [-0.25, -0.2) is 12.8 Å². The minimum Gasteiger partial charge on any atom is -0.497 e. The highest BCUT2D eigenvalue weighted by Gasteiger charge is 2.27. The van der Waals surface area contributed by atoms with Crippen molar-refractivity contribution in [1.82, 2.24) is 0 Å². The summed E-state index contributed by atoms with van der Waals surface area (Å²) in [6, 6.07) is 17.4. The Hall–Kier alpha value is -3.39. The number of carbonyl (C=O) groups is 1. The molecule has 0 fully saturated rings. The standard InChI is InChI=1S/C24H25FN2O4S/c1-17-8-13-23(18(2)16-17)32(29,30)27(19-9-11-20(31-3)12-10-19)15-14-24(28)26-22-7-5-4-6-21(22)25/h4-13,16H,14-15H2,1-3H3,(H,26,28). The van der Waals surface area contributed by atoms with E-state index in [1.807, 2.05) is 6.92 Å². The van der Waals surface area contributed by atoms with Crippen LogP contribution in [0.25, 0.3) is 0 Å². The van der Waals surface area contributed by atoms with Crippen molar-refractivity contribution < 1.29 is 22.3 Å². The maximum absolute atomic E-state index is 13.8. The van der Waals surface area contributed by atoms with Crippen molar-refractivity contribution in [3.63, 3.8) is 0 Å². The molecule has 0 bridgehead atoms. The highest BCUT2D eigenvalue weighted by molar-refractivity contribution is 7.92. The van der Waals surface area contributed by atoms with Gasteiger partial charge in [0.25, 0.3) is 10.0 Å². The topological polar surface area (TPSA) is 75.7 Å². The predicted molar refractivity (Wildman–Crippen MR) is 123 cm³/mol. The minimum absolute atomic E-state index is 0.0470. The fourth-order valence-electron chi connectivity index (χ4n) is 3.32. The lowest BCUT2D eigenvalue weighted by Gasteiger charge is -2.25. The molecule has 0 saturated carbocycles. The van der Waals surface area contributed by atoms with Crippen LogP contribution in [-0.2, 0) is 14.8 Å². The maximum atomic E-state index is 13.8. The fraction of sp³-hybridized carbons (Fsp3) is 0.208. The Morgan fingerprint density at radius 3 is 2.34 bits per heavy atom. The van der Waals surface area contributed by atoms with Crippen molar-refractivity contribution in [2.24, 2.45) is 0 Å². The first kappa shape index (κ1) is 23.3. The number of hydrogen-bond acceptors (Lipinski definition) is 4. The quantitative estimate of drug-likeness (QED) is 0.534. The van der Waals surface area contributed by atoms with E-state index in [0.717, 1.165) is 5.56 Å². The molecule has 3 aromatic carbocycles. The second-order valence-electron chi connectivity index (χ2n) is 7.32. The highest BCUT2D eigenvalue weighted by Crippen LogP contribution is 2.28. The number of para-hydroxylation sites is 1. The molecule has 0 unspecified atom stereocenters. The first-order chi connectivity index (χ1) is 15.2. The molecule has 0 aliphatic rings. The van der Waals surface area contributed by atoms with Crippen LogP contribution in [0.2, 0.25) is 0 Å². The zero-order valence-electron chi connectivity index (χ0n) is 18.1. The maximum Gasteiger partial charge on any atom is 0.264 e. The zero-order chi connectivity index (χ0) is 23.3. The predicted octanol–water partition coefficient (Wildman–Crippen LogP) is 4.68. The second kappa shape index (κ2) is 9.82. The molecule has 8 heteroatoms. The van der Waals surface area contributed by atoms with Gasteiger partial charge in [-0.3, -0.25) is 9.10 Å². The first-order valence-corrected chi connectivity index (χ1v) is 11.4. The highest BCUT2D eigenvalue weighted by atomic mass is 32.2. The molecule has 0 aliphatic carbocycles. The normalized spacial score (nSPS) is 11.1. The summed E-state index contributed by atoms with van der Waals surface area (Å²) in [7, 11) is -2.44. The SMILES string of the molecule is COc1ccc(N(CCC(=O)Nc2ccccc2F)S(=O)(=O)c2ccc(C)cc2C)cc1. The number of methoxy groups -OCH3 is 1. The van der Waals surface area contributed by atoms with E-state index in [0.29, 0.717) is 17.0 Å². The van der Waals surface area contributed by atoms with Crippen molar-refractivity contribution in [2.75, 3.05) is 23.3 Å². The molecule has 0 heterocycles. The summed E-state index contributed by atoms with van der Waals surface area (Å²) in [4.78, 5) is 12.6. The number of anilines is 2. The molecule has 0 saturated heterocycles. The van der Waals surface area contributed by atoms with Crippen LogP contribution in [0.4, 0.5) is 15.8 Å². The van der Waals surface area contributed by atoms with E-state index in [2.05, 4.69) is 5.32 Å². The molecule has 1 N–H and O–H groups in total. The molecule has 3 aromatic rings. The van der Waals surface area contributed by atoms with E-state index in [9.17, 15) is 17.6 Å². The van der Waals surface area contributed by atoms with Gasteiger partial charge in [0.2, 0.25) is 5.91 Å². The third kappa shape index (κ3) is 5.26. The number of benzene rings is 3. The second-order valence-corrected chi connectivity index (χ2v) is 9.15. The average molecular weight is 457 g/mol. The molecular weight excluding hydrogens is 431 g/mol. The summed E-state index contributed by atoms with van der Waals surface area (Å²) in [6.07, 6.45) is -0.162. The van der Waals surface area contributed by atoms with Crippen molar-refractivity contribution in [1.29, 1.82) is 0 Å². The largest absolute Gasteiger partial charge is 0.497 e. The number of rotatable bonds is 8. The molecule has 32 heavy (non-hydrogen) atoms. The number of sulfonamides is 1. The molecule has 0 spiro atoms. The lowest BCUT2D eigenvalue weighted by Crippen LogP contribution is -2.34. The van der Waals surface area contributed by atoms with Gasteiger partial charge in [0.05, 0.1) is 23.4 Å². The third-order valence-corrected chi connectivity index (χ3v) is 6.94. The molecule has 1 amide bonds. The molecule has 0 aromatic heterocycles. The van der Waals surface area contributed by atoms with Crippen LogP contribution in [0, 0.1) is 19.7 Å². The van der Waals surface area contributed by atoms with Gasteiger partial charge in [-0.05, 0) is 61.9 Å². The summed E-state index contributed by atoms with van der Waals surface area (Å²) in [5.41, 5.74) is 2.00. The Morgan fingerprint density at radius 2 is 1.72 bits per heavy atom. The molecule has 168 valence electrons. The van der Waals surface area contributed by atoms with Gasteiger partial charge >= 0.3 is 0 Å². The van der Waals surface area contributed by atoms with Crippen LogP contribution < -0.4 is 14.4 Å². The number of nitrogens with zero attached hydrogens (tertiary/aromatic N) is 1. The molecule has 3 rings (SSSR count). The number of halogens is 1. The lowest BCUT2D eigenvalue weighted by molar-refractivity contribution is -0.116. The number of nitrogens with one attached hydrogen (secondary N) is 1. The van der Waals surface area contributed by atoms with Crippen LogP contribution in [0.15, 0.2) is 71.6 Å². The van der Waals surface area contributed by atoms with Crippen LogP contribution in [0.1, 0.15) is 17.5 Å².